The molecule has 1 N–H and O–H groups in total. The monoisotopic (exact) mass is 436 g/mol. The summed E-state index contributed by atoms with van der Waals surface area (Å²) >= 11 is 5.84. The van der Waals surface area contributed by atoms with Crippen molar-refractivity contribution in [2.24, 2.45) is 0 Å². The van der Waals surface area contributed by atoms with Crippen LogP contribution < -0.4 is 5.32 Å². The van der Waals surface area contributed by atoms with Crippen molar-refractivity contribution in [3.05, 3.63) is 88.8 Å². The zero-order chi connectivity index (χ0) is 21.7. The van der Waals surface area contributed by atoms with Crippen LogP contribution in [0.25, 0.3) is 0 Å². The normalized spacial score (nSPS) is 11.2. The molecule has 0 aliphatic heterocycles. The van der Waals surface area contributed by atoms with Crippen molar-refractivity contribution >= 4 is 29.1 Å². The minimum Gasteiger partial charge on any atom is -0.467 e. The van der Waals surface area contributed by atoms with Gasteiger partial charge in [-0.05, 0) is 48.5 Å². The largest absolute Gasteiger partial charge is 0.467 e. The molecule has 2 aromatic carbocycles. The van der Waals surface area contributed by atoms with Crippen LogP contribution in [0, 0.1) is 0 Å². The Morgan fingerprint density at radius 2 is 1.70 bits per heavy atom. The molecule has 0 atom stereocenters. The average molecular weight is 437 g/mol. The van der Waals surface area contributed by atoms with E-state index < -0.39 is 30.1 Å². The van der Waals surface area contributed by atoms with E-state index in [4.69, 9.17) is 16.0 Å². The number of halogens is 4. The van der Waals surface area contributed by atoms with E-state index >= 15 is 0 Å². The van der Waals surface area contributed by atoms with Crippen LogP contribution in [0.15, 0.2) is 71.3 Å². The molecule has 0 radical (unpaired) electrons. The Kier molecular flexibility index (Phi) is 6.47. The van der Waals surface area contributed by atoms with Gasteiger partial charge in [-0.1, -0.05) is 23.7 Å². The highest BCUT2D eigenvalue weighted by atomic mass is 35.5. The fourth-order valence-corrected chi connectivity index (χ4v) is 2.89. The Morgan fingerprint density at radius 3 is 2.33 bits per heavy atom. The number of para-hydroxylation sites is 1. The van der Waals surface area contributed by atoms with E-state index in [-0.39, 0.29) is 17.8 Å². The van der Waals surface area contributed by atoms with Gasteiger partial charge in [0.05, 0.1) is 24.1 Å². The van der Waals surface area contributed by atoms with Crippen LogP contribution in [-0.4, -0.2) is 23.3 Å². The number of benzene rings is 2. The van der Waals surface area contributed by atoms with Crippen molar-refractivity contribution in [1.29, 1.82) is 0 Å². The topological polar surface area (TPSA) is 62.6 Å². The molecule has 9 heteroatoms. The maximum Gasteiger partial charge on any atom is 0.418 e. The van der Waals surface area contributed by atoms with Crippen molar-refractivity contribution in [1.82, 2.24) is 4.90 Å². The number of alkyl halides is 3. The first-order valence-electron chi connectivity index (χ1n) is 8.77. The minimum atomic E-state index is -4.63. The summed E-state index contributed by atoms with van der Waals surface area (Å²) in [6, 6.07) is 13.9. The molecule has 30 heavy (non-hydrogen) atoms. The third-order valence-corrected chi connectivity index (χ3v) is 4.40. The molecule has 0 unspecified atom stereocenters. The molecule has 0 bridgehead atoms. The maximum absolute atomic E-state index is 13.2. The molecule has 1 heterocycles. The van der Waals surface area contributed by atoms with Gasteiger partial charge in [0.2, 0.25) is 5.91 Å². The van der Waals surface area contributed by atoms with E-state index in [1.54, 1.807) is 12.1 Å². The quantitative estimate of drug-likeness (QED) is 0.575. The van der Waals surface area contributed by atoms with Crippen LogP contribution in [0.5, 0.6) is 0 Å². The lowest BCUT2D eigenvalue weighted by atomic mass is 10.1. The summed E-state index contributed by atoms with van der Waals surface area (Å²) in [5, 5.41) is 2.67. The van der Waals surface area contributed by atoms with E-state index in [0.29, 0.717) is 10.8 Å². The van der Waals surface area contributed by atoms with E-state index in [2.05, 4.69) is 5.32 Å². The Bertz CT molecular complexity index is 1020. The Morgan fingerprint density at radius 1 is 1.00 bits per heavy atom. The molecular weight excluding hydrogens is 421 g/mol. The van der Waals surface area contributed by atoms with Gasteiger partial charge >= 0.3 is 6.18 Å². The van der Waals surface area contributed by atoms with Gasteiger partial charge in [0, 0.05) is 10.6 Å². The van der Waals surface area contributed by atoms with Crippen LogP contribution in [0.2, 0.25) is 5.02 Å². The molecule has 0 spiro atoms. The predicted molar refractivity (Wildman–Crippen MR) is 105 cm³/mol. The number of amides is 2. The van der Waals surface area contributed by atoms with Crippen molar-refractivity contribution < 1.29 is 27.2 Å². The summed E-state index contributed by atoms with van der Waals surface area (Å²) in [5.74, 6) is -0.858. The van der Waals surface area contributed by atoms with Crippen molar-refractivity contribution in [2.75, 3.05) is 11.9 Å². The number of anilines is 1. The number of nitrogens with zero attached hydrogens (tertiary/aromatic N) is 1. The van der Waals surface area contributed by atoms with Crippen LogP contribution in [0.3, 0.4) is 0 Å². The predicted octanol–water partition coefficient (Wildman–Crippen LogP) is 5.23. The molecule has 0 aliphatic rings. The lowest BCUT2D eigenvalue weighted by molar-refractivity contribution is -0.137. The molecule has 0 saturated heterocycles. The number of hydrogen-bond acceptors (Lipinski definition) is 3. The Hall–Kier alpha value is -3.26. The summed E-state index contributed by atoms with van der Waals surface area (Å²) in [4.78, 5) is 26.5. The van der Waals surface area contributed by atoms with Gasteiger partial charge in [0.15, 0.2) is 0 Å². The van der Waals surface area contributed by atoms with E-state index in [9.17, 15) is 22.8 Å². The molecule has 156 valence electrons. The number of carbonyl (C=O) groups is 2. The number of carbonyl (C=O) groups excluding carboxylic acids is 2. The smallest absolute Gasteiger partial charge is 0.418 e. The molecule has 0 fully saturated rings. The SMILES string of the molecule is O=C(CN(Cc1ccco1)C(=O)c1ccc(Cl)cc1)Nc1ccccc1C(F)(F)F. The number of furan rings is 1. The summed E-state index contributed by atoms with van der Waals surface area (Å²) in [6.07, 6.45) is -3.21. The standard InChI is InChI=1S/C21H16ClF3N2O3/c22-15-9-7-14(8-10-15)20(29)27(12-16-4-3-11-30-16)13-19(28)26-18-6-2-1-5-17(18)21(23,24)25/h1-11H,12-13H2,(H,26,28). The van der Waals surface area contributed by atoms with Gasteiger partial charge in [-0.3, -0.25) is 9.59 Å². The second-order valence-corrected chi connectivity index (χ2v) is 6.78. The molecule has 2 amide bonds. The van der Waals surface area contributed by atoms with Crippen LogP contribution >= 0.6 is 11.6 Å². The van der Waals surface area contributed by atoms with Gasteiger partial charge in [0.1, 0.15) is 12.3 Å². The highest BCUT2D eigenvalue weighted by Gasteiger charge is 2.33. The number of hydrogen-bond donors (Lipinski definition) is 1. The fourth-order valence-electron chi connectivity index (χ4n) is 2.77. The highest BCUT2D eigenvalue weighted by Crippen LogP contribution is 2.34. The second-order valence-electron chi connectivity index (χ2n) is 6.34. The lowest BCUT2D eigenvalue weighted by Gasteiger charge is -2.22. The van der Waals surface area contributed by atoms with E-state index in [1.807, 2.05) is 0 Å². The first-order valence-corrected chi connectivity index (χ1v) is 9.15. The maximum atomic E-state index is 13.2. The zero-order valence-corrected chi connectivity index (χ0v) is 16.2. The average Bonchev–Trinajstić information content (AvgIpc) is 3.20. The molecule has 1 aromatic heterocycles. The van der Waals surface area contributed by atoms with E-state index in [0.717, 1.165) is 12.1 Å². The van der Waals surface area contributed by atoms with Crippen LogP contribution in [-0.2, 0) is 17.5 Å². The van der Waals surface area contributed by atoms with Gasteiger partial charge in [-0.15, -0.1) is 0 Å². The minimum absolute atomic E-state index is 0.0389. The van der Waals surface area contributed by atoms with Gasteiger partial charge < -0.3 is 14.6 Å². The van der Waals surface area contributed by atoms with Crippen LogP contribution in [0.4, 0.5) is 18.9 Å². The molecule has 0 saturated carbocycles. The molecule has 0 aliphatic carbocycles. The van der Waals surface area contributed by atoms with Crippen molar-refractivity contribution in [3.8, 4) is 0 Å². The van der Waals surface area contributed by atoms with Crippen molar-refractivity contribution in [2.45, 2.75) is 12.7 Å². The third kappa shape index (κ3) is 5.42. The first-order chi connectivity index (χ1) is 14.2. The van der Waals surface area contributed by atoms with Crippen molar-refractivity contribution in [3.63, 3.8) is 0 Å². The highest BCUT2D eigenvalue weighted by molar-refractivity contribution is 6.30. The molecular formula is C21H16ClF3N2O3. The second kappa shape index (κ2) is 9.04. The van der Waals surface area contributed by atoms with E-state index in [1.165, 1.54) is 47.6 Å². The fraction of sp³-hybridized carbons (Fsp3) is 0.143. The third-order valence-electron chi connectivity index (χ3n) is 4.15. The van der Waals surface area contributed by atoms with Crippen LogP contribution in [0.1, 0.15) is 21.7 Å². The Labute approximate surface area is 175 Å². The number of nitrogens with one attached hydrogen (secondary N) is 1. The number of rotatable bonds is 6. The molecule has 3 rings (SSSR count). The Balaban J connectivity index is 1.80. The van der Waals surface area contributed by atoms with Gasteiger partial charge in [-0.2, -0.15) is 13.2 Å². The lowest BCUT2D eigenvalue weighted by Crippen LogP contribution is -2.37. The first kappa shape index (κ1) is 21.4. The molecule has 3 aromatic rings. The summed E-state index contributed by atoms with van der Waals surface area (Å²) in [6.45, 7) is -0.517. The summed E-state index contributed by atoms with van der Waals surface area (Å²) in [5.41, 5.74) is -1.08. The van der Waals surface area contributed by atoms with Gasteiger partial charge in [-0.25, -0.2) is 0 Å². The van der Waals surface area contributed by atoms with Gasteiger partial charge in [0.25, 0.3) is 5.91 Å². The molecule has 5 nitrogen and oxygen atoms in total. The summed E-state index contributed by atoms with van der Waals surface area (Å²) < 4.78 is 44.7. The zero-order valence-electron chi connectivity index (χ0n) is 15.4. The summed E-state index contributed by atoms with van der Waals surface area (Å²) in [7, 11) is 0.